The molecule has 2 aromatic carbocycles. The van der Waals surface area contributed by atoms with E-state index in [0.717, 1.165) is 11.3 Å². The van der Waals surface area contributed by atoms with Crippen molar-refractivity contribution in [1.82, 2.24) is 0 Å². The van der Waals surface area contributed by atoms with Crippen molar-refractivity contribution in [3.05, 3.63) is 74.4 Å². The number of anilines is 1. The van der Waals surface area contributed by atoms with Gasteiger partial charge >= 0.3 is 5.97 Å². The summed E-state index contributed by atoms with van der Waals surface area (Å²) in [6.45, 7) is 0. The van der Waals surface area contributed by atoms with Crippen LogP contribution in [0, 0.1) is 11.6 Å². The summed E-state index contributed by atoms with van der Waals surface area (Å²) in [7, 11) is 0. The Hall–Kier alpha value is -2.77. The van der Waals surface area contributed by atoms with Crippen LogP contribution in [0.15, 0.2) is 42.5 Å². The molecule has 3 aromatic rings. The van der Waals surface area contributed by atoms with Crippen molar-refractivity contribution >= 4 is 40.5 Å². The lowest BCUT2D eigenvalue weighted by Gasteiger charge is -2.24. The van der Waals surface area contributed by atoms with Gasteiger partial charge in [0, 0.05) is 33.4 Å². The Morgan fingerprint density at radius 1 is 1.18 bits per heavy atom. The molecule has 28 heavy (non-hydrogen) atoms. The maximum Gasteiger partial charge on any atom is 0.346 e. The van der Waals surface area contributed by atoms with E-state index < -0.39 is 23.5 Å². The number of benzene rings is 2. The molecule has 1 aliphatic heterocycles. The average Bonchev–Trinajstić information content (AvgIpc) is 3.02. The number of rotatable bonds is 3. The SMILES string of the molecule is O=C1CC(c2c(F)cccc2Cl)c2sc(C(=O)O)c(-c3ccc(F)cc3)c2N1. The van der Waals surface area contributed by atoms with Crippen LogP contribution in [0.3, 0.4) is 0 Å². The van der Waals surface area contributed by atoms with Gasteiger partial charge in [-0.3, -0.25) is 4.79 Å². The van der Waals surface area contributed by atoms with Crippen LogP contribution >= 0.6 is 22.9 Å². The molecule has 0 bridgehead atoms. The largest absolute Gasteiger partial charge is 0.477 e. The van der Waals surface area contributed by atoms with Crippen LogP contribution in [0.1, 0.15) is 32.5 Å². The predicted octanol–water partition coefficient (Wildman–Crippen LogP) is 5.52. The number of aromatic carboxylic acids is 1. The van der Waals surface area contributed by atoms with Crippen LogP contribution in [-0.2, 0) is 4.79 Å². The Morgan fingerprint density at radius 2 is 1.89 bits per heavy atom. The molecule has 4 rings (SSSR count). The molecule has 2 heterocycles. The number of halogens is 3. The first-order valence-corrected chi connectivity index (χ1v) is 9.46. The summed E-state index contributed by atoms with van der Waals surface area (Å²) in [5, 5.41) is 12.6. The minimum atomic E-state index is -1.19. The fraction of sp³-hybridized carbons (Fsp3) is 0.100. The van der Waals surface area contributed by atoms with E-state index >= 15 is 0 Å². The average molecular weight is 420 g/mol. The third kappa shape index (κ3) is 3.06. The van der Waals surface area contributed by atoms with E-state index in [1.54, 1.807) is 0 Å². The van der Waals surface area contributed by atoms with Gasteiger partial charge in [-0.15, -0.1) is 11.3 Å². The molecule has 2 N–H and O–H groups in total. The third-order valence-electron chi connectivity index (χ3n) is 4.58. The first-order valence-electron chi connectivity index (χ1n) is 8.26. The molecule has 0 fully saturated rings. The molecule has 1 atom stereocenters. The Balaban J connectivity index is 1.98. The zero-order valence-electron chi connectivity index (χ0n) is 14.1. The minimum absolute atomic E-state index is 0.0173. The van der Waals surface area contributed by atoms with Crippen molar-refractivity contribution in [3.63, 3.8) is 0 Å². The second kappa shape index (κ2) is 7.00. The van der Waals surface area contributed by atoms with E-state index in [2.05, 4.69) is 5.32 Å². The number of hydrogen-bond donors (Lipinski definition) is 2. The van der Waals surface area contributed by atoms with Crippen molar-refractivity contribution < 1.29 is 23.5 Å². The first kappa shape index (κ1) is 18.6. The van der Waals surface area contributed by atoms with Gasteiger partial charge in [0.25, 0.3) is 0 Å². The molecule has 0 spiro atoms. The third-order valence-corrected chi connectivity index (χ3v) is 6.20. The number of nitrogens with one attached hydrogen (secondary N) is 1. The molecule has 4 nitrogen and oxygen atoms in total. The first-order chi connectivity index (χ1) is 13.4. The molecular formula is C20H12ClF2NO3S. The molecule has 0 saturated heterocycles. The molecule has 1 amide bonds. The summed E-state index contributed by atoms with van der Waals surface area (Å²) in [4.78, 5) is 24.7. The van der Waals surface area contributed by atoms with Gasteiger partial charge in [0.15, 0.2) is 0 Å². The summed E-state index contributed by atoms with van der Waals surface area (Å²) >= 11 is 7.15. The summed E-state index contributed by atoms with van der Waals surface area (Å²) in [5.41, 5.74) is 1.17. The highest BCUT2D eigenvalue weighted by Gasteiger charge is 2.36. The molecule has 0 saturated carbocycles. The quantitative estimate of drug-likeness (QED) is 0.587. The monoisotopic (exact) mass is 419 g/mol. The summed E-state index contributed by atoms with van der Waals surface area (Å²) in [6.07, 6.45) is -0.0594. The van der Waals surface area contributed by atoms with Gasteiger partial charge in [-0.1, -0.05) is 29.8 Å². The van der Waals surface area contributed by atoms with Crippen LogP contribution in [-0.4, -0.2) is 17.0 Å². The topological polar surface area (TPSA) is 66.4 Å². The standard InChI is InChI=1S/C20H12ClF2NO3S/c21-12-2-1-3-13(23)16(12)11-8-14(25)24-17-15(9-4-6-10(22)7-5-9)19(20(26)27)28-18(11)17/h1-7,11H,8H2,(H,24,25)(H,26,27). The highest BCUT2D eigenvalue weighted by Crippen LogP contribution is 2.50. The summed E-state index contributed by atoms with van der Waals surface area (Å²) < 4.78 is 27.8. The Kier molecular flexibility index (Phi) is 4.64. The lowest BCUT2D eigenvalue weighted by molar-refractivity contribution is -0.116. The minimum Gasteiger partial charge on any atom is -0.477 e. The van der Waals surface area contributed by atoms with Gasteiger partial charge in [-0.2, -0.15) is 0 Å². The van der Waals surface area contributed by atoms with Gasteiger partial charge in [-0.05, 0) is 29.8 Å². The lowest BCUT2D eigenvalue weighted by atomic mass is 9.88. The smallest absolute Gasteiger partial charge is 0.346 e. The second-order valence-corrected chi connectivity index (χ2v) is 7.76. The van der Waals surface area contributed by atoms with E-state index in [4.69, 9.17) is 11.6 Å². The van der Waals surface area contributed by atoms with E-state index in [1.807, 2.05) is 0 Å². The summed E-state index contributed by atoms with van der Waals surface area (Å²) in [6, 6.07) is 9.54. The number of carbonyl (C=O) groups is 2. The number of carboxylic acid groups (broad SMARTS) is 1. The van der Waals surface area contributed by atoms with E-state index in [9.17, 15) is 23.5 Å². The van der Waals surface area contributed by atoms with Crippen LogP contribution in [0.4, 0.5) is 14.5 Å². The zero-order valence-corrected chi connectivity index (χ0v) is 15.7. The molecule has 142 valence electrons. The van der Waals surface area contributed by atoms with Crippen molar-refractivity contribution in [1.29, 1.82) is 0 Å². The van der Waals surface area contributed by atoms with Gasteiger partial charge in [0.05, 0.1) is 5.69 Å². The van der Waals surface area contributed by atoms with E-state index in [0.29, 0.717) is 16.1 Å². The number of carbonyl (C=O) groups excluding carboxylic acids is 1. The predicted molar refractivity (Wildman–Crippen MR) is 103 cm³/mol. The van der Waals surface area contributed by atoms with E-state index in [-0.39, 0.29) is 33.4 Å². The van der Waals surface area contributed by atoms with Crippen LogP contribution in [0.5, 0.6) is 0 Å². The summed E-state index contributed by atoms with van der Waals surface area (Å²) in [5.74, 6) is -3.31. The van der Waals surface area contributed by atoms with Crippen molar-refractivity contribution in [2.24, 2.45) is 0 Å². The van der Waals surface area contributed by atoms with Gasteiger partial charge < -0.3 is 10.4 Å². The fourth-order valence-corrected chi connectivity index (χ4v) is 4.93. The Bertz CT molecular complexity index is 1090. The number of thiophene rings is 1. The van der Waals surface area contributed by atoms with Gasteiger partial charge in [-0.25, -0.2) is 13.6 Å². The fourth-order valence-electron chi connectivity index (χ4n) is 3.41. The molecule has 0 aliphatic carbocycles. The van der Waals surface area contributed by atoms with Crippen molar-refractivity contribution in [2.75, 3.05) is 5.32 Å². The molecule has 1 aromatic heterocycles. The Labute approximate surface area is 167 Å². The highest BCUT2D eigenvalue weighted by molar-refractivity contribution is 7.15. The number of amides is 1. The number of carboxylic acids is 1. The van der Waals surface area contributed by atoms with Gasteiger partial charge in [0.1, 0.15) is 16.5 Å². The highest BCUT2D eigenvalue weighted by atomic mass is 35.5. The number of fused-ring (bicyclic) bond motifs is 1. The molecule has 8 heteroatoms. The van der Waals surface area contributed by atoms with Crippen LogP contribution < -0.4 is 5.32 Å². The second-order valence-electron chi connectivity index (χ2n) is 6.30. The van der Waals surface area contributed by atoms with Crippen molar-refractivity contribution in [2.45, 2.75) is 12.3 Å². The molecular weight excluding hydrogens is 408 g/mol. The maximum absolute atomic E-state index is 14.5. The van der Waals surface area contributed by atoms with Crippen LogP contribution in [0.25, 0.3) is 11.1 Å². The maximum atomic E-state index is 14.5. The van der Waals surface area contributed by atoms with Crippen LogP contribution in [0.2, 0.25) is 5.02 Å². The zero-order chi connectivity index (χ0) is 20.0. The number of hydrogen-bond acceptors (Lipinski definition) is 3. The Morgan fingerprint density at radius 3 is 2.54 bits per heavy atom. The van der Waals surface area contributed by atoms with Gasteiger partial charge in [0.2, 0.25) is 5.91 Å². The van der Waals surface area contributed by atoms with Crippen molar-refractivity contribution in [3.8, 4) is 11.1 Å². The van der Waals surface area contributed by atoms with E-state index in [1.165, 1.54) is 42.5 Å². The molecule has 1 unspecified atom stereocenters. The normalized spacial score (nSPS) is 15.8. The molecule has 1 aliphatic rings. The molecule has 0 radical (unpaired) electrons. The lowest BCUT2D eigenvalue weighted by Crippen LogP contribution is -2.23.